The molecule has 12 rings (SSSR count). The molecular formula is C53H36N2. The Morgan fingerprint density at radius 2 is 1.02 bits per heavy atom. The Morgan fingerprint density at radius 3 is 1.87 bits per heavy atom. The van der Waals surface area contributed by atoms with Gasteiger partial charge in [0.25, 0.3) is 0 Å². The highest BCUT2D eigenvalue weighted by atomic mass is 15.0. The summed E-state index contributed by atoms with van der Waals surface area (Å²) in [5.41, 5.74) is 15.1. The van der Waals surface area contributed by atoms with Gasteiger partial charge in [0.2, 0.25) is 0 Å². The number of para-hydroxylation sites is 1. The smallest absolute Gasteiger partial charge is 0.0544 e. The van der Waals surface area contributed by atoms with Gasteiger partial charge in [0.15, 0.2) is 0 Å². The summed E-state index contributed by atoms with van der Waals surface area (Å²) >= 11 is 0. The third-order valence-electron chi connectivity index (χ3n) is 12.5. The van der Waals surface area contributed by atoms with E-state index in [0.29, 0.717) is 0 Å². The predicted molar refractivity (Wildman–Crippen MR) is 233 cm³/mol. The van der Waals surface area contributed by atoms with E-state index in [1.165, 1.54) is 110 Å². The van der Waals surface area contributed by atoms with Crippen molar-refractivity contribution in [3.8, 4) is 33.6 Å². The summed E-state index contributed by atoms with van der Waals surface area (Å²) in [6.45, 7) is 4.81. The van der Waals surface area contributed by atoms with Gasteiger partial charge in [-0.1, -0.05) is 141 Å². The van der Waals surface area contributed by atoms with E-state index in [0.717, 1.165) is 0 Å². The molecule has 11 aromatic rings. The molecule has 0 spiro atoms. The SMILES string of the molecule is CC1(C)c2ccccc2-c2ccc3c(c21)c1cc(-c2ccc4c(c2)c2ccccc2n4-c2cccc4ccccc24)ccc1n3-c1ccc2ccccc2c1. The van der Waals surface area contributed by atoms with Gasteiger partial charge in [-0.2, -0.15) is 0 Å². The molecule has 0 fully saturated rings. The Bertz CT molecular complexity index is 3400. The highest BCUT2D eigenvalue weighted by Gasteiger charge is 2.38. The first kappa shape index (κ1) is 30.6. The van der Waals surface area contributed by atoms with Crippen molar-refractivity contribution < 1.29 is 0 Å². The Hall–Kier alpha value is -6.90. The fourth-order valence-electron chi connectivity index (χ4n) is 9.97. The Morgan fingerprint density at radius 1 is 0.382 bits per heavy atom. The number of nitrogens with zero attached hydrogens (tertiary/aromatic N) is 2. The third-order valence-corrected chi connectivity index (χ3v) is 12.5. The van der Waals surface area contributed by atoms with Crippen molar-refractivity contribution >= 4 is 65.2 Å². The monoisotopic (exact) mass is 700 g/mol. The average Bonchev–Trinajstić information content (AvgIpc) is 3.83. The maximum absolute atomic E-state index is 2.49. The third kappa shape index (κ3) is 4.20. The molecule has 0 bridgehead atoms. The molecule has 0 atom stereocenters. The standard InChI is InChI=1S/C53H36N2/c1-53(2)45-19-9-7-17-40(45)42-26-29-50-51(52(42)53)44-32-37(24-28-49(44)54(50)38-25-22-33-12-3-4-14-35(33)30-38)36-23-27-48-43(31-36)41-18-8-10-20-47(41)55(48)46-21-11-15-34-13-5-6-16-39(34)46/h3-32H,1-2H3. The van der Waals surface area contributed by atoms with Gasteiger partial charge >= 0.3 is 0 Å². The zero-order chi connectivity index (χ0) is 36.4. The molecule has 0 radical (unpaired) electrons. The van der Waals surface area contributed by atoms with Crippen LogP contribution >= 0.6 is 0 Å². The number of fused-ring (bicyclic) bond motifs is 12. The second kappa shape index (κ2) is 11.1. The molecule has 0 N–H and O–H groups in total. The van der Waals surface area contributed by atoms with Crippen molar-refractivity contribution in [1.29, 1.82) is 0 Å². The lowest BCUT2D eigenvalue weighted by Gasteiger charge is -2.22. The van der Waals surface area contributed by atoms with Crippen LogP contribution < -0.4 is 0 Å². The van der Waals surface area contributed by atoms with E-state index >= 15 is 0 Å². The van der Waals surface area contributed by atoms with E-state index in [4.69, 9.17) is 0 Å². The minimum atomic E-state index is -0.147. The molecule has 2 nitrogen and oxygen atoms in total. The molecule has 2 aromatic heterocycles. The first-order valence-corrected chi connectivity index (χ1v) is 19.3. The van der Waals surface area contributed by atoms with Crippen molar-refractivity contribution in [3.63, 3.8) is 0 Å². The fraction of sp³-hybridized carbons (Fsp3) is 0.0566. The Balaban J connectivity index is 1.12. The van der Waals surface area contributed by atoms with Crippen LogP contribution in [0.4, 0.5) is 0 Å². The van der Waals surface area contributed by atoms with Crippen molar-refractivity contribution in [3.05, 3.63) is 193 Å². The summed E-state index contributed by atoms with van der Waals surface area (Å²) in [4.78, 5) is 0. The van der Waals surface area contributed by atoms with E-state index in [9.17, 15) is 0 Å². The van der Waals surface area contributed by atoms with Crippen LogP contribution in [-0.2, 0) is 5.41 Å². The predicted octanol–water partition coefficient (Wildman–Crippen LogP) is 14.2. The normalized spacial score (nSPS) is 13.4. The van der Waals surface area contributed by atoms with E-state index in [1.54, 1.807) is 0 Å². The van der Waals surface area contributed by atoms with Gasteiger partial charge in [0.05, 0.1) is 27.8 Å². The van der Waals surface area contributed by atoms with Crippen LogP contribution in [0.3, 0.4) is 0 Å². The minimum absolute atomic E-state index is 0.147. The van der Waals surface area contributed by atoms with Gasteiger partial charge < -0.3 is 9.13 Å². The summed E-state index contributed by atoms with van der Waals surface area (Å²) in [5, 5.41) is 10.2. The zero-order valence-corrected chi connectivity index (χ0v) is 30.7. The van der Waals surface area contributed by atoms with E-state index < -0.39 is 0 Å². The second-order valence-electron chi connectivity index (χ2n) is 15.7. The molecule has 0 amide bonds. The largest absolute Gasteiger partial charge is 0.309 e. The lowest BCUT2D eigenvalue weighted by molar-refractivity contribution is 0.666. The van der Waals surface area contributed by atoms with Gasteiger partial charge in [-0.3, -0.25) is 0 Å². The maximum atomic E-state index is 2.49. The topological polar surface area (TPSA) is 9.86 Å². The lowest BCUT2D eigenvalue weighted by Crippen LogP contribution is -2.15. The molecule has 2 heterocycles. The van der Waals surface area contributed by atoms with Gasteiger partial charge in [0.1, 0.15) is 0 Å². The summed E-state index contributed by atoms with van der Waals surface area (Å²) in [7, 11) is 0. The first-order valence-electron chi connectivity index (χ1n) is 19.3. The lowest BCUT2D eigenvalue weighted by atomic mass is 9.80. The fourth-order valence-corrected chi connectivity index (χ4v) is 9.97. The van der Waals surface area contributed by atoms with Crippen LogP contribution in [0, 0.1) is 0 Å². The highest BCUT2D eigenvalue weighted by molar-refractivity contribution is 6.16. The molecule has 1 aliphatic carbocycles. The molecule has 0 unspecified atom stereocenters. The minimum Gasteiger partial charge on any atom is -0.309 e. The van der Waals surface area contributed by atoms with Crippen LogP contribution in [0.1, 0.15) is 25.0 Å². The number of aromatic nitrogens is 2. The van der Waals surface area contributed by atoms with Crippen molar-refractivity contribution in [2.45, 2.75) is 19.3 Å². The molecule has 2 heteroatoms. The summed E-state index contributed by atoms with van der Waals surface area (Å²) in [6.07, 6.45) is 0. The molecule has 0 aliphatic heterocycles. The van der Waals surface area contributed by atoms with Crippen molar-refractivity contribution in [2.24, 2.45) is 0 Å². The molecular weight excluding hydrogens is 665 g/mol. The molecule has 0 saturated heterocycles. The van der Waals surface area contributed by atoms with Crippen LogP contribution in [0.15, 0.2) is 182 Å². The maximum Gasteiger partial charge on any atom is 0.0544 e. The molecule has 0 saturated carbocycles. The average molecular weight is 701 g/mol. The van der Waals surface area contributed by atoms with E-state index in [1.807, 2.05) is 0 Å². The van der Waals surface area contributed by atoms with Crippen LogP contribution in [-0.4, -0.2) is 9.13 Å². The summed E-state index contributed by atoms with van der Waals surface area (Å²) in [6, 6.07) is 67.6. The second-order valence-corrected chi connectivity index (χ2v) is 15.7. The number of hydrogen-bond acceptors (Lipinski definition) is 0. The molecule has 258 valence electrons. The Kier molecular flexibility index (Phi) is 6.15. The van der Waals surface area contributed by atoms with Crippen molar-refractivity contribution in [1.82, 2.24) is 9.13 Å². The van der Waals surface area contributed by atoms with E-state index in [-0.39, 0.29) is 5.41 Å². The van der Waals surface area contributed by atoms with Crippen LogP contribution in [0.5, 0.6) is 0 Å². The number of hydrogen-bond donors (Lipinski definition) is 0. The summed E-state index contributed by atoms with van der Waals surface area (Å²) < 4.78 is 4.93. The Labute approximate surface area is 319 Å². The van der Waals surface area contributed by atoms with Crippen molar-refractivity contribution in [2.75, 3.05) is 0 Å². The number of rotatable bonds is 3. The van der Waals surface area contributed by atoms with Gasteiger partial charge in [-0.25, -0.2) is 0 Å². The highest BCUT2D eigenvalue weighted by Crippen LogP contribution is 2.53. The van der Waals surface area contributed by atoms with Crippen LogP contribution in [0.2, 0.25) is 0 Å². The van der Waals surface area contributed by atoms with E-state index in [2.05, 4.69) is 205 Å². The zero-order valence-electron chi connectivity index (χ0n) is 30.7. The van der Waals surface area contributed by atoms with Crippen LogP contribution in [0.25, 0.3) is 98.8 Å². The molecule has 9 aromatic carbocycles. The molecule has 55 heavy (non-hydrogen) atoms. The molecule has 1 aliphatic rings. The van der Waals surface area contributed by atoms with Gasteiger partial charge in [-0.05, 0) is 104 Å². The van der Waals surface area contributed by atoms with Gasteiger partial charge in [0, 0.05) is 38.0 Å². The van der Waals surface area contributed by atoms with Gasteiger partial charge in [-0.15, -0.1) is 0 Å². The first-order chi connectivity index (χ1) is 27.0. The summed E-state index contributed by atoms with van der Waals surface area (Å²) in [5.74, 6) is 0. The quantitative estimate of drug-likeness (QED) is 0.174. The number of benzene rings is 9.